The van der Waals surface area contributed by atoms with E-state index in [-0.39, 0.29) is 6.04 Å². The van der Waals surface area contributed by atoms with Gasteiger partial charge in [0.25, 0.3) is 0 Å². The smallest absolute Gasteiger partial charge is 0.341 e. The molecule has 2 aromatic carbocycles. The summed E-state index contributed by atoms with van der Waals surface area (Å²) in [6.07, 6.45) is 0.694. The second-order valence-electron chi connectivity index (χ2n) is 11.8. The summed E-state index contributed by atoms with van der Waals surface area (Å²) in [5, 5.41) is 7.10. The zero-order valence-electron chi connectivity index (χ0n) is 25.4. The van der Waals surface area contributed by atoms with Crippen LogP contribution < -0.4 is 5.32 Å². The number of nitrogens with one attached hydrogen (secondary N) is 2. The molecule has 0 radical (unpaired) electrons. The van der Waals surface area contributed by atoms with Crippen molar-refractivity contribution in [3.05, 3.63) is 124 Å². The first-order chi connectivity index (χ1) is 22.3. The Labute approximate surface area is 269 Å². The van der Waals surface area contributed by atoms with Crippen molar-refractivity contribution in [2.75, 3.05) is 0 Å². The minimum atomic E-state index is -4.46. The van der Waals surface area contributed by atoms with Gasteiger partial charge in [-0.05, 0) is 72.4 Å². The van der Waals surface area contributed by atoms with Crippen molar-refractivity contribution >= 4 is 22.4 Å². The molecule has 0 amide bonds. The minimum Gasteiger partial charge on any atom is -0.341 e. The maximum Gasteiger partial charge on any atom is 0.435 e. The Bertz CT molecular complexity index is 1910. The lowest BCUT2D eigenvalue weighted by molar-refractivity contribution is -0.141. The fourth-order valence-corrected chi connectivity index (χ4v) is 7.29. The Kier molecular flexibility index (Phi) is 8.46. The van der Waals surface area contributed by atoms with Crippen LogP contribution in [0.25, 0.3) is 21.6 Å². The first-order valence-corrected chi connectivity index (χ1v) is 16.2. The van der Waals surface area contributed by atoms with E-state index < -0.39 is 11.9 Å². The summed E-state index contributed by atoms with van der Waals surface area (Å²) in [6, 6.07) is 26.2. The minimum absolute atomic E-state index is 0.210. The Morgan fingerprint density at radius 1 is 0.978 bits per heavy atom. The van der Waals surface area contributed by atoms with Crippen LogP contribution in [0.5, 0.6) is 0 Å². The van der Waals surface area contributed by atoms with Gasteiger partial charge in [0.1, 0.15) is 5.82 Å². The molecular weight excluding hydrogens is 607 g/mol. The molecule has 4 aromatic heterocycles. The highest BCUT2D eigenvalue weighted by molar-refractivity contribution is 7.15. The molecule has 1 unspecified atom stereocenters. The van der Waals surface area contributed by atoms with Crippen LogP contribution in [0.2, 0.25) is 0 Å². The molecule has 0 aliphatic heterocycles. The zero-order valence-corrected chi connectivity index (χ0v) is 26.2. The van der Waals surface area contributed by atoms with Crippen LogP contribution in [0.3, 0.4) is 0 Å². The van der Waals surface area contributed by atoms with Gasteiger partial charge in [0.2, 0.25) is 0 Å². The van der Waals surface area contributed by atoms with Crippen molar-refractivity contribution in [2.24, 2.45) is 7.05 Å². The van der Waals surface area contributed by atoms with Gasteiger partial charge in [-0.3, -0.25) is 14.6 Å². The van der Waals surface area contributed by atoms with Crippen molar-refractivity contribution in [1.29, 1.82) is 0 Å². The number of para-hydroxylation sites is 2. The number of hydrogen-bond donors (Lipinski definition) is 2. The topological polar surface area (TPSA) is 74.7 Å². The van der Waals surface area contributed by atoms with Crippen molar-refractivity contribution in [3.63, 3.8) is 0 Å². The highest BCUT2D eigenvalue weighted by atomic mass is 32.1. The van der Waals surface area contributed by atoms with Gasteiger partial charge in [-0.2, -0.15) is 18.3 Å². The summed E-state index contributed by atoms with van der Waals surface area (Å²) in [5.41, 5.74) is 6.49. The fourth-order valence-electron chi connectivity index (χ4n) is 6.26. The van der Waals surface area contributed by atoms with Crippen LogP contribution >= 0.6 is 11.3 Å². The zero-order chi connectivity index (χ0) is 31.7. The van der Waals surface area contributed by atoms with Gasteiger partial charge >= 0.3 is 6.18 Å². The maximum absolute atomic E-state index is 13.1. The van der Waals surface area contributed by atoms with Crippen molar-refractivity contribution in [3.8, 4) is 10.6 Å². The predicted octanol–water partition coefficient (Wildman–Crippen LogP) is 7.81. The van der Waals surface area contributed by atoms with E-state index in [4.69, 9.17) is 9.97 Å². The lowest BCUT2D eigenvalue weighted by Crippen LogP contribution is -2.31. The number of aryl methyl sites for hydroxylation is 2. The van der Waals surface area contributed by atoms with Crippen LogP contribution in [0.15, 0.2) is 85.1 Å². The Balaban J connectivity index is 1.01. The molecule has 7 nitrogen and oxygen atoms in total. The van der Waals surface area contributed by atoms with E-state index in [1.807, 2.05) is 42.6 Å². The normalized spacial score (nSPS) is 15.1. The first-order valence-electron chi connectivity index (χ1n) is 15.4. The number of nitrogens with zero attached hydrogens (tertiary/aromatic N) is 5. The number of alkyl halides is 3. The van der Waals surface area contributed by atoms with Gasteiger partial charge in [-0.1, -0.05) is 42.5 Å². The predicted molar refractivity (Wildman–Crippen MR) is 174 cm³/mol. The third-order valence-electron chi connectivity index (χ3n) is 8.52. The number of pyridine rings is 1. The second-order valence-corrected chi connectivity index (χ2v) is 13.0. The average Bonchev–Trinajstić information content (AvgIpc) is 3.79. The highest BCUT2D eigenvalue weighted by Crippen LogP contribution is 2.36. The number of aromatic nitrogens is 5. The number of benzene rings is 2. The quantitative estimate of drug-likeness (QED) is 0.160. The van der Waals surface area contributed by atoms with Crippen molar-refractivity contribution in [1.82, 2.24) is 34.9 Å². The largest absolute Gasteiger partial charge is 0.435 e. The molecule has 1 aliphatic rings. The van der Waals surface area contributed by atoms with Gasteiger partial charge in [-0.25, -0.2) is 4.98 Å². The molecule has 7 rings (SSSR count). The third-order valence-corrected chi connectivity index (χ3v) is 9.63. The monoisotopic (exact) mass is 641 g/mol. The summed E-state index contributed by atoms with van der Waals surface area (Å²) in [5.74, 6) is 0.950. The summed E-state index contributed by atoms with van der Waals surface area (Å²) < 4.78 is 40.6. The average molecular weight is 642 g/mol. The van der Waals surface area contributed by atoms with E-state index in [0.717, 1.165) is 64.0 Å². The molecule has 0 fully saturated rings. The van der Waals surface area contributed by atoms with Gasteiger partial charge in [0.05, 0.1) is 39.9 Å². The summed E-state index contributed by atoms with van der Waals surface area (Å²) in [6.45, 7) is 2.76. The highest BCUT2D eigenvalue weighted by Gasteiger charge is 2.35. The van der Waals surface area contributed by atoms with Crippen LogP contribution in [0.1, 0.15) is 57.7 Å². The van der Waals surface area contributed by atoms with Gasteiger partial charge < -0.3 is 10.3 Å². The van der Waals surface area contributed by atoms with Crippen LogP contribution in [-0.4, -0.2) is 29.6 Å². The SMILES string of the molecule is Cn1nc(C(F)(F)F)cc1-c1ccc(CNCc2ccc(CN(Cc3nc4ccccc4[nH]3)C3CCCc4cccnc43)cc2)s1. The maximum atomic E-state index is 13.1. The fraction of sp³-hybridized carbons (Fsp3) is 0.286. The van der Waals surface area contributed by atoms with E-state index in [1.54, 1.807) is 0 Å². The molecule has 4 heterocycles. The summed E-state index contributed by atoms with van der Waals surface area (Å²) in [4.78, 5) is 17.5. The number of H-pyrrole nitrogens is 1. The van der Waals surface area contributed by atoms with Gasteiger partial charge in [0.15, 0.2) is 5.69 Å². The standard InChI is InChI=1S/C35H34F3N7S/c1-44-30(18-32(43-44)35(36,37)38)31-16-15-26(46-31)20-39-19-23-11-13-24(14-12-23)21-45(22-33-41-27-8-2-3-9-28(27)42-33)29-10-4-6-25-7-5-17-40-34(25)29/h2-3,5,7-9,11-18,29,39H,4,6,10,19-22H2,1H3,(H,41,42). The molecule has 6 aromatic rings. The molecule has 11 heteroatoms. The van der Waals surface area contributed by atoms with Gasteiger partial charge in [0, 0.05) is 37.8 Å². The molecule has 0 saturated carbocycles. The van der Waals surface area contributed by atoms with Crippen LogP contribution in [0, 0.1) is 0 Å². The summed E-state index contributed by atoms with van der Waals surface area (Å²) in [7, 11) is 1.54. The molecule has 0 bridgehead atoms. The molecule has 1 atom stereocenters. The first kappa shape index (κ1) is 30.3. The number of hydrogen-bond acceptors (Lipinski definition) is 6. The van der Waals surface area contributed by atoms with Crippen molar-refractivity contribution in [2.45, 2.75) is 57.7 Å². The van der Waals surface area contributed by atoms with Crippen LogP contribution in [-0.2, 0) is 45.8 Å². The molecular formula is C35H34F3N7S. The molecule has 2 N–H and O–H groups in total. The van der Waals surface area contributed by atoms with Crippen LogP contribution in [0.4, 0.5) is 13.2 Å². The van der Waals surface area contributed by atoms with E-state index in [0.29, 0.717) is 25.3 Å². The van der Waals surface area contributed by atoms with Crippen molar-refractivity contribution < 1.29 is 13.2 Å². The Morgan fingerprint density at radius 2 is 1.80 bits per heavy atom. The molecule has 236 valence electrons. The molecule has 0 spiro atoms. The van der Waals surface area contributed by atoms with Gasteiger partial charge in [-0.15, -0.1) is 11.3 Å². The van der Waals surface area contributed by atoms with E-state index in [1.165, 1.54) is 39.9 Å². The van der Waals surface area contributed by atoms with E-state index in [2.05, 4.69) is 56.7 Å². The summed E-state index contributed by atoms with van der Waals surface area (Å²) >= 11 is 1.47. The molecule has 46 heavy (non-hydrogen) atoms. The van der Waals surface area contributed by atoms with E-state index >= 15 is 0 Å². The molecule has 1 aliphatic carbocycles. The number of imidazole rings is 1. The number of aromatic amines is 1. The number of halogens is 3. The number of thiophene rings is 1. The number of fused-ring (bicyclic) bond motifs is 2. The lowest BCUT2D eigenvalue weighted by atomic mass is 9.90. The second kappa shape index (κ2) is 12.8. The number of rotatable bonds is 10. The van der Waals surface area contributed by atoms with E-state index in [9.17, 15) is 13.2 Å². The lowest BCUT2D eigenvalue weighted by Gasteiger charge is -2.34. The third kappa shape index (κ3) is 6.62. The Hall–Kier alpha value is -4.32. The Morgan fingerprint density at radius 3 is 2.61 bits per heavy atom. The molecule has 0 saturated heterocycles.